The van der Waals surface area contributed by atoms with E-state index in [1.807, 2.05) is 11.0 Å². The molecule has 3 heterocycles. The number of ether oxygens (including phenoxy) is 1. The minimum atomic E-state index is -0.547. The first kappa shape index (κ1) is 32.6. The Morgan fingerprint density at radius 3 is 2.22 bits per heavy atom. The van der Waals surface area contributed by atoms with Crippen molar-refractivity contribution in [2.24, 2.45) is 5.92 Å². The Morgan fingerprint density at radius 1 is 1.00 bits per heavy atom. The number of amides is 1. The molecule has 1 amide bonds. The molecule has 2 aromatic carbocycles. The van der Waals surface area contributed by atoms with E-state index in [4.69, 9.17) is 21.3 Å². The number of rotatable bonds is 9. The Hall–Kier alpha value is -3.75. The molecule has 4 aromatic rings. The van der Waals surface area contributed by atoms with Crippen molar-refractivity contribution >= 4 is 34.8 Å². The number of nitrogens with zero attached hydrogens (tertiary/aromatic N) is 3. The van der Waals surface area contributed by atoms with Crippen LogP contribution < -0.4 is 5.56 Å². The number of methoxy groups -OCH3 is 1. The number of hydrogen-bond donors (Lipinski definition) is 0. The molecule has 1 saturated heterocycles. The second kappa shape index (κ2) is 14.1. The number of carbonyl (C=O) groups is 2. The largest absolute Gasteiger partial charge is 0.465 e. The van der Waals surface area contributed by atoms with Crippen molar-refractivity contribution in [3.8, 4) is 27.5 Å². The summed E-state index contributed by atoms with van der Waals surface area (Å²) in [4.78, 5) is 49.3. The van der Waals surface area contributed by atoms with Crippen LogP contribution in [-0.4, -0.2) is 46.5 Å². The molecule has 0 spiro atoms. The summed E-state index contributed by atoms with van der Waals surface area (Å²) in [7, 11) is 1.32. The summed E-state index contributed by atoms with van der Waals surface area (Å²) in [5, 5.41) is 0.912. The lowest BCUT2D eigenvalue weighted by Gasteiger charge is -2.29. The van der Waals surface area contributed by atoms with Gasteiger partial charge in [0.2, 0.25) is 0 Å². The zero-order chi connectivity index (χ0) is 32.2. The molecule has 1 aliphatic rings. The van der Waals surface area contributed by atoms with Gasteiger partial charge < -0.3 is 9.64 Å². The van der Waals surface area contributed by atoms with Crippen molar-refractivity contribution in [3.63, 3.8) is 0 Å². The van der Waals surface area contributed by atoms with Crippen molar-refractivity contribution in [1.29, 1.82) is 0 Å². The highest BCUT2D eigenvalue weighted by Crippen LogP contribution is 2.36. The van der Waals surface area contributed by atoms with E-state index in [0.29, 0.717) is 52.1 Å². The number of piperidine rings is 1. The van der Waals surface area contributed by atoms with Gasteiger partial charge >= 0.3 is 5.97 Å². The quantitative estimate of drug-likeness (QED) is 0.172. The Bertz CT molecular complexity index is 1750. The maximum Gasteiger partial charge on any atom is 0.350 e. The van der Waals surface area contributed by atoms with Crippen LogP contribution >= 0.6 is 22.9 Å². The zero-order valence-electron chi connectivity index (χ0n) is 26.6. The molecular weight excluding hydrogens is 606 g/mol. The molecule has 7 nitrogen and oxygen atoms in total. The molecular formula is C36H40ClN3O4S. The third kappa shape index (κ3) is 6.63. The van der Waals surface area contributed by atoms with E-state index in [0.717, 1.165) is 60.3 Å². The highest BCUT2D eigenvalue weighted by molar-refractivity contribution is 7.17. The molecule has 2 aromatic heterocycles. The van der Waals surface area contributed by atoms with Gasteiger partial charge in [0.15, 0.2) is 0 Å². The Balaban J connectivity index is 1.86. The molecule has 0 radical (unpaired) electrons. The molecule has 45 heavy (non-hydrogen) atoms. The molecule has 1 fully saturated rings. The molecule has 0 aliphatic carbocycles. The predicted octanol–water partition coefficient (Wildman–Crippen LogP) is 8.02. The lowest BCUT2D eigenvalue weighted by molar-refractivity contribution is 0.0606. The SMILES string of the molecule is CCc1cccc(CC)c1-n1c(CC(C)C)c(C(=O)N2CCCCC2)cc(-c2nc(-c3ccc(Cl)cc3)c(C(=O)OC)s2)c1=O. The first-order valence-electron chi connectivity index (χ1n) is 15.7. The van der Waals surface area contributed by atoms with Gasteiger partial charge in [-0.3, -0.25) is 14.2 Å². The Labute approximate surface area is 273 Å². The Morgan fingerprint density at radius 2 is 1.64 bits per heavy atom. The maximum absolute atomic E-state index is 14.9. The van der Waals surface area contributed by atoms with E-state index >= 15 is 0 Å². The number of para-hydroxylation sites is 1. The number of thiazole rings is 1. The van der Waals surface area contributed by atoms with Gasteiger partial charge in [0.05, 0.1) is 29.6 Å². The van der Waals surface area contributed by atoms with E-state index < -0.39 is 5.97 Å². The summed E-state index contributed by atoms with van der Waals surface area (Å²) in [6, 6.07) is 14.9. The van der Waals surface area contributed by atoms with E-state index in [9.17, 15) is 14.4 Å². The highest BCUT2D eigenvalue weighted by atomic mass is 35.5. The minimum Gasteiger partial charge on any atom is -0.465 e. The highest BCUT2D eigenvalue weighted by Gasteiger charge is 2.30. The summed E-state index contributed by atoms with van der Waals surface area (Å²) < 4.78 is 6.90. The van der Waals surface area contributed by atoms with Crippen molar-refractivity contribution in [1.82, 2.24) is 14.5 Å². The molecule has 0 unspecified atom stereocenters. The van der Waals surface area contributed by atoms with Crippen LogP contribution in [-0.2, 0) is 24.0 Å². The molecule has 1 aliphatic heterocycles. The Kier molecular flexibility index (Phi) is 10.2. The number of esters is 1. The third-order valence-corrected chi connectivity index (χ3v) is 9.63. The van der Waals surface area contributed by atoms with E-state index in [-0.39, 0.29) is 27.8 Å². The van der Waals surface area contributed by atoms with Gasteiger partial charge in [-0.05, 0) is 73.8 Å². The number of benzene rings is 2. The van der Waals surface area contributed by atoms with Crippen molar-refractivity contribution < 1.29 is 14.3 Å². The van der Waals surface area contributed by atoms with Gasteiger partial charge in [-0.25, -0.2) is 9.78 Å². The summed E-state index contributed by atoms with van der Waals surface area (Å²) in [6.07, 6.45) is 5.00. The minimum absolute atomic E-state index is 0.0740. The lowest BCUT2D eigenvalue weighted by Crippen LogP contribution is -2.38. The van der Waals surface area contributed by atoms with Crippen LogP contribution in [0, 0.1) is 5.92 Å². The van der Waals surface area contributed by atoms with Gasteiger partial charge in [-0.15, -0.1) is 11.3 Å². The smallest absolute Gasteiger partial charge is 0.350 e. The summed E-state index contributed by atoms with van der Waals surface area (Å²) in [5.74, 6) is -0.430. The number of likely N-dealkylation sites (tertiary alicyclic amines) is 1. The normalized spacial score (nSPS) is 13.4. The fourth-order valence-electron chi connectivity index (χ4n) is 6.06. The number of pyridine rings is 1. The fraction of sp³-hybridized carbons (Fsp3) is 0.389. The first-order valence-corrected chi connectivity index (χ1v) is 16.9. The predicted molar refractivity (Wildman–Crippen MR) is 182 cm³/mol. The second-order valence-corrected chi connectivity index (χ2v) is 13.3. The molecule has 0 atom stereocenters. The summed E-state index contributed by atoms with van der Waals surface area (Å²) in [6.45, 7) is 9.74. The van der Waals surface area contributed by atoms with E-state index in [2.05, 4.69) is 39.8 Å². The maximum atomic E-state index is 14.9. The van der Waals surface area contributed by atoms with Crippen LogP contribution in [0.3, 0.4) is 0 Å². The van der Waals surface area contributed by atoms with Gasteiger partial charge in [0.25, 0.3) is 11.5 Å². The van der Waals surface area contributed by atoms with Gasteiger partial charge in [0, 0.05) is 29.4 Å². The van der Waals surface area contributed by atoms with Crippen LogP contribution in [0.4, 0.5) is 0 Å². The number of aromatic nitrogens is 2. The van der Waals surface area contributed by atoms with Gasteiger partial charge in [-0.1, -0.05) is 69.6 Å². The molecule has 236 valence electrons. The standard InChI is InChI=1S/C36H40ClN3O4S/c1-6-23-12-11-13-24(7-2)31(23)40-29(20-22(3)4)27(34(41)39-18-9-8-10-19-39)21-28(35(40)42)33-38-30(32(45-33)36(43)44-5)25-14-16-26(37)17-15-25/h11-17,21-22H,6-10,18-20H2,1-5H3. The van der Waals surface area contributed by atoms with Crippen molar-refractivity contribution in [2.75, 3.05) is 20.2 Å². The summed E-state index contributed by atoms with van der Waals surface area (Å²) >= 11 is 7.25. The topological polar surface area (TPSA) is 81.5 Å². The van der Waals surface area contributed by atoms with Crippen LogP contribution in [0.1, 0.15) is 83.8 Å². The van der Waals surface area contributed by atoms with Crippen LogP contribution in [0.5, 0.6) is 0 Å². The number of aryl methyl sites for hydroxylation is 2. The van der Waals surface area contributed by atoms with Crippen LogP contribution in [0.2, 0.25) is 5.02 Å². The number of hydrogen-bond acceptors (Lipinski definition) is 6. The monoisotopic (exact) mass is 645 g/mol. The van der Waals surface area contributed by atoms with E-state index in [1.165, 1.54) is 7.11 Å². The second-order valence-electron chi connectivity index (χ2n) is 11.8. The molecule has 5 rings (SSSR count). The van der Waals surface area contributed by atoms with Crippen LogP contribution in [0.15, 0.2) is 53.3 Å². The van der Waals surface area contributed by atoms with Gasteiger partial charge in [-0.2, -0.15) is 0 Å². The molecule has 0 N–H and O–H groups in total. The fourth-order valence-corrected chi connectivity index (χ4v) is 7.19. The average molecular weight is 646 g/mol. The first-order chi connectivity index (χ1) is 21.7. The van der Waals surface area contributed by atoms with Crippen molar-refractivity contribution in [3.05, 3.63) is 91.2 Å². The number of carbonyl (C=O) groups excluding carboxylic acids is 2. The molecule has 9 heteroatoms. The van der Waals surface area contributed by atoms with Crippen LogP contribution in [0.25, 0.3) is 27.5 Å². The van der Waals surface area contributed by atoms with Crippen molar-refractivity contribution in [2.45, 2.75) is 66.2 Å². The lowest BCUT2D eigenvalue weighted by atomic mass is 9.96. The summed E-state index contributed by atoms with van der Waals surface area (Å²) in [5.41, 5.74) is 5.23. The third-order valence-electron chi connectivity index (χ3n) is 8.31. The average Bonchev–Trinajstić information content (AvgIpc) is 3.50. The number of halogens is 1. The van der Waals surface area contributed by atoms with E-state index in [1.54, 1.807) is 34.9 Å². The molecule has 0 saturated carbocycles. The van der Waals surface area contributed by atoms with Gasteiger partial charge in [0.1, 0.15) is 9.88 Å². The zero-order valence-corrected chi connectivity index (χ0v) is 28.2. The molecule has 0 bridgehead atoms.